The van der Waals surface area contributed by atoms with Crippen LogP contribution in [0.3, 0.4) is 0 Å². The molecule has 0 aliphatic carbocycles. The fourth-order valence-electron chi connectivity index (χ4n) is 1.25. The standard InChI is InChI=1S/2C7H14O2.H2O/c2*1-2-3-4-8-5-7-6-9-7;/h2*7H,2-6H2,1H3;1H2. The molecule has 2 rings (SSSR count). The molecule has 2 N–H and O–H groups in total. The summed E-state index contributed by atoms with van der Waals surface area (Å²) in [6.07, 6.45) is 5.64. The van der Waals surface area contributed by atoms with E-state index in [1.165, 1.54) is 25.7 Å². The van der Waals surface area contributed by atoms with Gasteiger partial charge < -0.3 is 24.4 Å². The van der Waals surface area contributed by atoms with Crippen molar-refractivity contribution < 1.29 is 24.4 Å². The number of hydrogen-bond donors (Lipinski definition) is 0. The lowest BCUT2D eigenvalue weighted by Crippen LogP contribution is -2.01. The summed E-state index contributed by atoms with van der Waals surface area (Å²) in [6.45, 7) is 9.55. The van der Waals surface area contributed by atoms with Gasteiger partial charge in [-0.25, -0.2) is 0 Å². The predicted octanol–water partition coefficient (Wildman–Crippen LogP) is 1.58. The van der Waals surface area contributed by atoms with Gasteiger partial charge in [0.1, 0.15) is 12.2 Å². The molecule has 0 aromatic carbocycles. The molecule has 0 radical (unpaired) electrons. The molecule has 0 spiro atoms. The molecule has 116 valence electrons. The minimum atomic E-state index is 0. The van der Waals surface area contributed by atoms with E-state index in [0.29, 0.717) is 12.2 Å². The Bertz CT molecular complexity index is 161. The Kier molecular flexibility index (Phi) is 12.7. The van der Waals surface area contributed by atoms with Crippen LogP contribution in [-0.2, 0) is 18.9 Å². The number of unbranched alkanes of at least 4 members (excludes halogenated alkanes) is 2. The highest BCUT2D eigenvalue weighted by Gasteiger charge is 2.22. The molecule has 0 aromatic rings. The van der Waals surface area contributed by atoms with Crippen molar-refractivity contribution in [2.45, 2.75) is 51.7 Å². The molecule has 0 bridgehead atoms. The molecule has 5 nitrogen and oxygen atoms in total. The first kappa shape index (κ1) is 18.8. The first-order valence-electron chi connectivity index (χ1n) is 7.25. The van der Waals surface area contributed by atoms with Gasteiger partial charge >= 0.3 is 0 Å². The van der Waals surface area contributed by atoms with E-state index >= 15 is 0 Å². The molecule has 0 aromatic heterocycles. The Hall–Kier alpha value is -0.200. The van der Waals surface area contributed by atoms with Gasteiger partial charge in [-0.2, -0.15) is 0 Å². The van der Waals surface area contributed by atoms with E-state index in [9.17, 15) is 0 Å². The Morgan fingerprint density at radius 2 is 1.21 bits per heavy atom. The number of rotatable bonds is 10. The summed E-state index contributed by atoms with van der Waals surface area (Å²) in [5.41, 5.74) is 0. The molecule has 2 fully saturated rings. The van der Waals surface area contributed by atoms with Crippen LogP contribution in [0.4, 0.5) is 0 Å². The van der Waals surface area contributed by atoms with Gasteiger partial charge in [0.25, 0.3) is 0 Å². The number of epoxide rings is 2. The summed E-state index contributed by atoms with van der Waals surface area (Å²) >= 11 is 0. The van der Waals surface area contributed by atoms with E-state index in [1.807, 2.05) is 0 Å². The lowest BCUT2D eigenvalue weighted by molar-refractivity contribution is 0.114. The van der Waals surface area contributed by atoms with Gasteiger partial charge in [-0.1, -0.05) is 26.7 Å². The zero-order valence-electron chi connectivity index (χ0n) is 12.4. The Balaban J connectivity index is 0.000000324. The zero-order chi connectivity index (χ0) is 13.1. The third kappa shape index (κ3) is 14.0. The van der Waals surface area contributed by atoms with Crippen LogP contribution >= 0.6 is 0 Å². The van der Waals surface area contributed by atoms with E-state index < -0.39 is 0 Å². The highest BCUT2D eigenvalue weighted by molar-refractivity contribution is 4.67. The smallest absolute Gasteiger partial charge is 0.104 e. The van der Waals surface area contributed by atoms with Gasteiger partial charge in [0, 0.05) is 13.2 Å². The molecule has 2 heterocycles. The molecule has 2 unspecified atom stereocenters. The van der Waals surface area contributed by atoms with Crippen LogP contribution < -0.4 is 0 Å². The summed E-state index contributed by atoms with van der Waals surface area (Å²) in [5, 5.41) is 0. The SMILES string of the molecule is CCCCOCC1CO1.CCCCOCC1CO1.O. The third-order valence-electron chi connectivity index (χ3n) is 2.70. The van der Waals surface area contributed by atoms with E-state index in [1.54, 1.807) is 0 Å². The van der Waals surface area contributed by atoms with Gasteiger partial charge in [0.15, 0.2) is 0 Å². The maximum Gasteiger partial charge on any atom is 0.104 e. The average molecular weight is 278 g/mol. The fraction of sp³-hybridized carbons (Fsp3) is 1.00. The largest absolute Gasteiger partial charge is 0.412 e. The van der Waals surface area contributed by atoms with Gasteiger partial charge in [-0.05, 0) is 12.8 Å². The van der Waals surface area contributed by atoms with Gasteiger partial charge in [0.05, 0.1) is 26.4 Å². The molecule has 19 heavy (non-hydrogen) atoms. The highest BCUT2D eigenvalue weighted by Crippen LogP contribution is 2.09. The van der Waals surface area contributed by atoms with Crippen molar-refractivity contribution in [3.8, 4) is 0 Å². The van der Waals surface area contributed by atoms with Crippen LogP contribution in [0, 0.1) is 0 Å². The molecule has 2 aliphatic rings. The molecule has 2 aliphatic heterocycles. The van der Waals surface area contributed by atoms with Crippen molar-refractivity contribution in [1.29, 1.82) is 0 Å². The monoisotopic (exact) mass is 278 g/mol. The van der Waals surface area contributed by atoms with Crippen molar-refractivity contribution in [2.24, 2.45) is 0 Å². The number of hydrogen-bond acceptors (Lipinski definition) is 4. The van der Waals surface area contributed by atoms with E-state index in [0.717, 1.165) is 39.6 Å². The first-order valence-corrected chi connectivity index (χ1v) is 7.25. The van der Waals surface area contributed by atoms with Crippen LogP contribution in [0.1, 0.15) is 39.5 Å². The van der Waals surface area contributed by atoms with Crippen molar-refractivity contribution in [3.63, 3.8) is 0 Å². The Morgan fingerprint density at radius 1 is 0.842 bits per heavy atom. The fourth-order valence-corrected chi connectivity index (χ4v) is 1.25. The summed E-state index contributed by atoms with van der Waals surface area (Å²) < 4.78 is 20.5. The summed E-state index contributed by atoms with van der Waals surface area (Å²) in [4.78, 5) is 0. The van der Waals surface area contributed by atoms with E-state index in [2.05, 4.69) is 13.8 Å². The second-order valence-corrected chi connectivity index (χ2v) is 4.77. The maximum atomic E-state index is 5.27. The van der Waals surface area contributed by atoms with Crippen molar-refractivity contribution in [1.82, 2.24) is 0 Å². The highest BCUT2D eigenvalue weighted by atomic mass is 16.6. The molecule has 2 atom stereocenters. The van der Waals surface area contributed by atoms with E-state index in [-0.39, 0.29) is 5.48 Å². The van der Waals surface area contributed by atoms with Crippen molar-refractivity contribution in [3.05, 3.63) is 0 Å². The number of ether oxygens (including phenoxy) is 4. The molecule has 0 amide bonds. The zero-order valence-corrected chi connectivity index (χ0v) is 12.4. The molecule has 0 saturated carbocycles. The summed E-state index contributed by atoms with van der Waals surface area (Å²) in [5.74, 6) is 0. The Morgan fingerprint density at radius 3 is 1.47 bits per heavy atom. The van der Waals surface area contributed by atoms with Gasteiger partial charge in [0.2, 0.25) is 0 Å². The molecule has 5 heteroatoms. The first-order chi connectivity index (χ1) is 8.86. The van der Waals surface area contributed by atoms with Crippen LogP contribution in [0.15, 0.2) is 0 Å². The minimum Gasteiger partial charge on any atom is -0.412 e. The van der Waals surface area contributed by atoms with Gasteiger partial charge in [-0.15, -0.1) is 0 Å². The second-order valence-electron chi connectivity index (χ2n) is 4.77. The topological polar surface area (TPSA) is 75.0 Å². The molecule has 2 saturated heterocycles. The quantitative estimate of drug-likeness (QED) is 0.449. The van der Waals surface area contributed by atoms with Crippen LogP contribution in [-0.4, -0.2) is 57.3 Å². The third-order valence-corrected chi connectivity index (χ3v) is 2.70. The van der Waals surface area contributed by atoms with Crippen molar-refractivity contribution in [2.75, 3.05) is 39.6 Å². The van der Waals surface area contributed by atoms with Crippen LogP contribution in [0.2, 0.25) is 0 Å². The second kappa shape index (κ2) is 12.8. The minimum absolute atomic E-state index is 0. The summed E-state index contributed by atoms with van der Waals surface area (Å²) in [6, 6.07) is 0. The average Bonchev–Trinajstić information content (AvgIpc) is 3.26. The molecular weight excluding hydrogens is 248 g/mol. The summed E-state index contributed by atoms with van der Waals surface area (Å²) in [7, 11) is 0. The van der Waals surface area contributed by atoms with E-state index in [4.69, 9.17) is 18.9 Å². The predicted molar refractivity (Wildman–Crippen MR) is 74.5 cm³/mol. The maximum absolute atomic E-state index is 5.27. The lowest BCUT2D eigenvalue weighted by Gasteiger charge is -1.97. The van der Waals surface area contributed by atoms with Crippen LogP contribution in [0.5, 0.6) is 0 Å². The normalized spacial score (nSPS) is 23.1. The van der Waals surface area contributed by atoms with Gasteiger partial charge in [-0.3, -0.25) is 0 Å². The molecular formula is C14H30O5. The van der Waals surface area contributed by atoms with Crippen molar-refractivity contribution >= 4 is 0 Å². The Labute approximate surface area is 116 Å². The van der Waals surface area contributed by atoms with Crippen LogP contribution in [0.25, 0.3) is 0 Å². The lowest BCUT2D eigenvalue weighted by atomic mass is 10.4.